The van der Waals surface area contributed by atoms with Crippen LogP contribution in [0.1, 0.15) is 31.9 Å². The van der Waals surface area contributed by atoms with Crippen molar-refractivity contribution in [1.29, 1.82) is 0 Å². The number of aryl methyl sites for hydroxylation is 1. The molecule has 0 unspecified atom stereocenters. The van der Waals surface area contributed by atoms with Gasteiger partial charge in [0, 0.05) is 12.2 Å². The van der Waals surface area contributed by atoms with Gasteiger partial charge in [0.05, 0.1) is 4.90 Å². The lowest BCUT2D eigenvalue weighted by molar-refractivity contribution is 0.582. The first-order valence-electron chi connectivity index (χ1n) is 5.87. The molecule has 3 N–H and O–H groups in total. The lowest BCUT2D eigenvalue weighted by atomic mass is 10.1. The summed E-state index contributed by atoms with van der Waals surface area (Å²) in [4.78, 5) is 0.318. The van der Waals surface area contributed by atoms with Gasteiger partial charge in [0.15, 0.2) is 0 Å². The van der Waals surface area contributed by atoms with Gasteiger partial charge in [-0.25, -0.2) is 13.1 Å². The van der Waals surface area contributed by atoms with Gasteiger partial charge >= 0.3 is 0 Å². The second kappa shape index (κ2) is 5.51. The molecule has 1 rings (SSSR count). The first-order valence-corrected chi connectivity index (χ1v) is 7.35. The van der Waals surface area contributed by atoms with Crippen molar-refractivity contribution in [2.75, 3.05) is 12.3 Å². The third-order valence-corrected chi connectivity index (χ3v) is 4.30. The van der Waals surface area contributed by atoms with Crippen molar-refractivity contribution >= 4 is 15.7 Å². The molecular weight excluding hydrogens is 236 g/mol. The highest BCUT2D eigenvalue weighted by atomic mass is 32.2. The van der Waals surface area contributed by atoms with E-state index < -0.39 is 10.0 Å². The number of nitrogen functional groups attached to an aromatic ring is 1. The van der Waals surface area contributed by atoms with Crippen LogP contribution < -0.4 is 10.5 Å². The first kappa shape index (κ1) is 14.0. The largest absolute Gasteiger partial charge is 0.398 e. The number of hydrogen-bond donors (Lipinski definition) is 2. The van der Waals surface area contributed by atoms with Crippen molar-refractivity contribution in [3.05, 3.63) is 23.3 Å². The normalized spacial score (nSPS) is 11.7. The Morgan fingerprint density at radius 2 is 1.82 bits per heavy atom. The van der Waals surface area contributed by atoms with E-state index in [-0.39, 0.29) is 0 Å². The smallest absolute Gasteiger partial charge is 0.240 e. The minimum Gasteiger partial charge on any atom is -0.398 e. The maximum Gasteiger partial charge on any atom is 0.240 e. The van der Waals surface area contributed by atoms with Crippen LogP contribution in [-0.2, 0) is 22.9 Å². The molecule has 17 heavy (non-hydrogen) atoms. The molecule has 0 amide bonds. The van der Waals surface area contributed by atoms with Crippen molar-refractivity contribution in [2.45, 2.75) is 38.5 Å². The van der Waals surface area contributed by atoms with Crippen LogP contribution in [0.5, 0.6) is 0 Å². The molecule has 1 aromatic carbocycles. The zero-order chi connectivity index (χ0) is 13.1. The summed E-state index contributed by atoms with van der Waals surface area (Å²) in [6.07, 6.45) is 1.37. The number of hydrogen-bond acceptors (Lipinski definition) is 3. The van der Waals surface area contributed by atoms with Gasteiger partial charge in [-0.05, 0) is 36.1 Å². The molecule has 0 bridgehead atoms. The quantitative estimate of drug-likeness (QED) is 0.787. The summed E-state index contributed by atoms with van der Waals surface area (Å²) in [6, 6.07) is 3.57. The third-order valence-electron chi connectivity index (χ3n) is 2.69. The fourth-order valence-corrected chi connectivity index (χ4v) is 3.24. The molecule has 4 nitrogen and oxygen atoms in total. The highest BCUT2D eigenvalue weighted by Crippen LogP contribution is 2.25. The molecule has 0 aliphatic heterocycles. The molecule has 0 saturated carbocycles. The lowest BCUT2D eigenvalue weighted by Gasteiger charge is -2.13. The Bertz CT molecular complexity index is 495. The van der Waals surface area contributed by atoms with E-state index in [9.17, 15) is 8.42 Å². The molecule has 0 aromatic heterocycles. The van der Waals surface area contributed by atoms with Gasteiger partial charge in [-0.1, -0.05) is 20.8 Å². The number of nitrogens with two attached hydrogens (primary N) is 1. The molecular formula is C12H20N2O2S. The fourth-order valence-electron chi connectivity index (χ4n) is 1.82. The summed E-state index contributed by atoms with van der Waals surface area (Å²) in [7, 11) is -3.44. The van der Waals surface area contributed by atoms with E-state index >= 15 is 0 Å². The van der Waals surface area contributed by atoms with Gasteiger partial charge in [0.1, 0.15) is 0 Å². The van der Waals surface area contributed by atoms with Crippen LogP contribution in [0, 0.1) is 0 Å². The van der Waals surface area contributed by atoms with Crippen LogP contribution in [0.3, 0.4) is 0 Å². The highest BCUT2D eigenvalue weighted by Gasteiger charge is 2.19. The Morgan fingerprint density at radius 3 is 2.29 bits per heavy atom. The molecule has 0 spiro atoms. The monoisotopic (exact) mass is 256 g/mol. The van der Waals surface area contributed by atoms with Crippen LogP contribution in [-0.4, -0.2) is 15.0 Å². The molecule has 0 saturated heterocycles. The first-order chi connectivity index (χ1) is 7.96. The molecule has 5 heteroatoms. The van der Waals surface area contributed by atoms with Gasteiger partial charge in [0.2, 0.25) is 10.0 Å². The SMILES string of the molecule is CCNS(=O)(=O)c1cc(CC)cc(N)c1CC. The highest BCUT2D eigenvalue weighted by molar-refractivity contribution is 7.89. The number of anilines is 1. The Kier molecular flexibility index (Phi) is 4.54. The minimum absolute atomic E-state index is 0.318. The maximum absolute atomic E-state index is 12.1. The Morgan fingerprint density at radius 1 is 1.18 bits per heavy atom. The zero-order valence-corrected chi connectivity index (χ0v) is 11.4. The maximum atomic E-state index is 12.1. The summed E-state index contributed by atoms with van der Waals surface area (Å²) >= 11 is 0. The van der Waals surface area contributed by atoms with Crippen LogP contribution in [0.25, 0.3) is 0 Å². The molecule has 0 aliphatic carbocycles. The van der Waals surface area contributed by atoms with Gasteiger partial charge in [-0.2, -0.15) is 0 Å². The number of benzene rings is 1. The van der Waals surface area contributed by atoms with Crippen LogP contribution in [0.15, 0.2) is 17.0 Å². The Balaban J connectivity index is 3.44. The van der Waals surface area contributed by atoms with E-state index in [0.717, 1.165) is 12.0 Å². The van der Waals surface area contributed by atoms with E-state index in [4.69, 9.17) is 5.73 Å². The predicted octanol–water partition coefficient (Wildman–Crippen LogP) is 1.69. The van der Waals surface area contributed by atoms with Gasteiger partial charge in [-0.3, -0.25) is 0 Å². The molecule has 0 radical (unpaired) electrons. The van der Waals surface area contributed by atoms with Crippen molar-refractivity contribution in [2.24, 2.45) is 0 Å². The second-order valence-corrected chi connectivity index (χ2v) is 5.61. The Labute approximate surface area is 103 Å². The molecule has 0 fully saturated rings. The van der Waals surface area contributed by atoms with Crippen LogP contribution in [0.4, 0.5) is 5.69 Å². The average molecular weight is 256 g/mol. The number of rotatable bonds is 5. The van der Waals surface area contributed by atoms with Crippen molar-refractivity contribution < 1.29 is 8.42 Å². The molecule has 1 aromatic rings. The van der Waals surface area contributed by atoms with E-state index in [1.807, 2.05) is 19.9 Å². The number of sulfonamides is 1. The molecule has 0 heterocycles. The standard InChI is InChI=1S/C12H20N2O2S/c1-4-9-7-11(13)10(5-2)12(8-9)17(15,16)14-6-3/h7-8,14H,4-6,13H2,1-3H3. The van der Waals surface area contributed by atoms with E-state index in [1.165, 1.54) is 0 Å². The topological polar surface area (TPSA) is 72.2 Å². The van der Waals surface area contributed by atoms with Crippen molar-refractivity contribution in [3.63, 3.8) is 0 Å². The summed E-state index contributed by atoms with van der Waals surface area (Å²) in [5.41, 5.74) is 8.11. The molecule has 0 aliphatic rings. The minimum atomic E-state index is -3.44. The van der Waals surface area contributed by atoms with E-state index in [1.54, 1.807) is 13.0 Å². The van der Waals surface area contributed by atoms with E-state index in [0.29, 0.717) is 29.1 Å². The average Bonchev–Trinajstić information content (AvgIpc) is 2.27. The Hall–Kier alpha value is -1.07. The fraction of sp³-hybridized carbons (Fsp3) is 0.500. The summed E-state index contributed by atoms with van der Waals surface area (Å²) in [6.45, 7) is 6.02. The van der Waals surface area contributed by atoms with Crippen molar-refractivity contribution in [1.82, 2.24) is 4.72 Å². The van der Waals surface area contributed by atoms with Gasteiger partial charge < -0.3 is 5.73 Å². The van der Waals surface area contributed by atoms with Gasteiger partial charge in [-0.15, -0.1) is 0 Å². The molecule has 96 valence electrons. The lowest BCUT2D eigenvalue weighted by Crippen LogP contribution is -2.24. The van der Waals surface area contributed by atoms with E-state index in [2.05, 4.69) is 4.72 Å². The third kappa shape index (κ3) is 2.98. The zero-order valence-electron chi connectivity index (χ0n) is 10.6. The van der Waals surface area contributed by atoms with Crippen molar-refractivity contribution in [3.8, 4) is 0 Å². The van der Waals surface area contributed by atoms with Gasteiger partial charge in [0.25, 0.3) is 0 Å². The summed E-state index contributed by atoms with van der Waals surface area (Å²) < 4.78 is 26.6. The molecule has 0 atom stereocenters. The summed E-state index contributed by atoms with van der Waals surface area (Å²) in [5.74, 6) is 0. The number of nitrogens with one attached hydrogen (secondary N) is 1. The predicted molar refractivity (Wildman–Crippen MR) is 70.5 cm³/mol. The summed E-state index contributed by atoms with van der Waals surface area (Å²) in [5, 5.41) is 0. The van der Waals surface area contributed by atoms with Crippen LogP contribution in [0.2, 0.25) is 0 Å². The van der Waals surface area contributed by atoms with Crippen LogP contribution >= 0.6 is 0 Å². The second-order valence-electron chi connectivity index (χ2n) is 3.87.